The predicted octanol–water partition coefficient (Wildman–Crippen LogP) is 3.39. The summed E-state index contributed by atoms with van der Waals surface area (Å²) in [5, 5.41) is 0. The van der Waals surface area contributed by atoms with Crippen LogP contribution in [0.1, 0.15) is 40.0 Å². The van der Waals surface area contributed by atoms with Crippen LogP contribution < -0.4 is 15.2 Å². The van der Waals surface area contributed by atoms with E-state index >= 15 is 0 Å². The lowest BCUT2D eigenvalue weighted by Crippen LogP contribution is -2.35. The highest BCUT2D eigenvalue weighted by molar-refractivity contribution is 5.55. The van der Waals surface area contributed by atoms with Gasteiger partial charge in [-0.2, -0.15) is 0 Å². The smallest absolute Gasteiger partial charge is 0.145 e. The SMILES string of the molecule is CCCOc1cc(OC2CC(C)OC(C)C2)ccc1N. The summed E-state index contributed by atoms with van der Waals surface area (Å²) < 4.78 is 17.4. The fourth-order valence-electron chi connectivity index (χ4n) is 2.56. The molecule has 20 heavy (non-hydrogen) atoms. The van der Waals surface area contributed by atoms with Gasteiger partial charge in [0.05, 0.1) is 24.5 Å². The molecule has 0 radical (unpaired) electrons. The standard InChI is InChI=1S/C16H25NO3/c1-4-7-18-16-10-13(5-6-15(16)17)20-14-8-11(2)19-12(3)9-14/h5-6,10-12,14H,4,7-9,17H2,1-3H3. The van der Waals surface area contributed by atoms with Gasteiger partial charge in [-0.05, 0) is 32.4 Å². The molecule has 1 heterocycles. The third-order valence-corrected chi connectivity index (χ3v) is 3.40. The average Bonchev–Trinajstić information content (AvgIpc) is 2.38. The number of benzene rings is 1. The molecule has 2 rings (SSSR count). The van der Waals surface area contributed by atoms with E-state index in [1.54, 1.807) is 0 Å². The minimum atomic E-state index is 0.191. The van der Waals surface area contributed by atoms with Gasteiger partial charge in [-0.15, -0.1) is 0 Å². The van der Waals surface area contributed by atoms with Crippen LogP contribution in [0.15, 0.2) is 18.2 Å². The number of anilines is 1. The van der Waals surface area contributed by atoms with E-state index in [-0.39, 0.29) is 18.3 Å². The maximum absolute atomic E-state index is 6.06. The molecule has 0 aliphatic carbocycles. The van der Waals surface area contributed by atoms with E-state index in [1.165, 1.54) is 0 Å². The van der Waals surface area contributed by atoms with Crippen molar-refractivity contribution in [3.8, 4) is 11.5 Å². The quantitative estimate of drug-likeness (QED) is 0.839. The molecule has 0 spiro atoms. The predicted molar refractivity (Wildman–Crippen MR) is 80.3 cm³/mol. The van der Waals surface area contributed by atoms with Gasteiger partial charge in [0.1, 0.15) is 17.6 Å². The third kappa shape index (κ3) is 4.04. The van der Waals surface area contributed by atoms with Crippen LogP contribution in [0, 0.1) is 0 Å². The Morgan fingerprint density at radius 3 is 2.60 bits per heavy atom. The zero-order chi connectivity index (χ0) is 14.5. The van der Waals surface area contributed by atoms with E-state index in [1.807, 2.05) is 18.2 Å². The Hall–Kier alpha value is -1.42. The summed E-state index contributed by atoms with van der Waals surface area (Å²) in [6.45, 7) is 6.91. The lowest BCUT2D eigenvalue weighted by molar-refractivity contribution is -0.0721. The molecule has 2 atom stereocenters. The number of nitrogen functional groups attached to an aromatic ring is 1. The molecule has 4 heteroatoms. The first-order valence-electron chi connectivity index (χ1n) is 7.43. The van der Waals surface area contributed by atoms with Crippen molar-refractivity contribution in [3.63, 3.8) is 0 Å². The average molecular weight is 279 g/mol. The van der Waals surface area contributed by atoms with Gasteiger partial charge in [0.2, 0.25) is 0 Å². The Bertz CT molecular complexity index is 426. The molecule has 2 unspecified atom stereocenters. The third-order valence-electron chi connectivity index (χ3n) is 3.40. The molecule has 1 fully saturated rings. The first kappa shape index (κ1) is 15.0. The van der Waals surface area contributed by atoms with Crippen LogP contribution in [0.25, 0.3) is 0 Å². The van der Waals surface area contributed by atoms with Crippen molar-refractivity contribution in [2.24, 2.45) is 0 Å². The summed E-state index contributed by atoms with van der Waals surface area (Å²) in [5.74, 6) is 1.52. The fraction of sp³-hybridized carbons (Fsp3) is 0.625. The van der Waals surface area contributed by atoms with Gasteiger partial charge in [-0.25, -0.2) is 0 Å². The maximum Gasteiger partial charge on any atom is 0.145 e. The van der Waals surface area contributed by atoms with Crippen LogP contribution in [0.3, 0.4) is 0 Å². The molecular weight excluding hydrogens is 254 g/mol. The van der Waals surface area contributed by atoms with Crippen LogP contribution >= 0.6 is 0 Å². The van der Waals surface area contributed by atoms with Gasteiger partial charge in [-0.1, -0.05) is 6.92 Å². The Morgan fingerprint density at radius 2 is 1.95 bits per heavy atom. The van der Waals surface area contributed by atoms with Crippen LogP contribution in [-0.2, 0) is 4.74 Å². The van der Waals surface area contributed by atoms with Gasteiger partial charge in [-0.3, -0.25) is 0 Å². The lowest BCUT2D eigenvalue weighted by atomic mass is 10.0. The molecule has 1 saturated heterocycles. The Balaban J connectivity index is 2.01. The summed E-state index contributed by atoms with van der Waals surface area (Å²) in [6.07, 6.45) is 3.47. The molecule has 1 aromatic carbocycles. The summed E-state index contributed by atoms with van der Waals surface area (Å²) in [4.78, 5) is 0. The van der Waals surface area contributed by atoms with Gasteiger partial charge < -0.3 is 19.9 Å². The van der Waals surface area contributed by atoms with Crippen molar-refractivity contribution in [3.05, 3.63) is 18.2 Å². The normalized spacial score (nSPS) is 26.2. The van der Waals surface area contributed by atoms with E-state index in [9.17, 15) is 0 Å². The number of ether oxygens (including phenoxy) is 3. The summed E-state index contributed by atoms with van der Waals surface area (Å²) >= 11 is 0. The van der Waals surface area contributed by atoms with Crippen LogP contribution in [0.5, 0.6) is 11.5 Å². The number of hydrogen-bond acceptors (Lipinski definition) is 4. The molecule has 112 valence electrons. The molecule has 1 aliphatic heterocycles. The van der Waals surface area contributed by atoms with Crippen LogP contribution in [0.4, 0.5) is 5.69 Å². The van der Waals surface area contributed by atoms with Crippen molar-refractivity contribution in [1.82, 2.24) is 0 Å². The highest BCUT2D eigenvalue weighted by atomic mass is 16.5. The van der Waals surface area contributed by atoms with E-state index in [0.717, 1.165) is 25.0 Å². The van der Waals surface area contributed by atoms with Crippen molar-refractivity contribution >= 4 is 5.69 Å². The van der Waals surface area contributed by atoms with Crippen LogP contribution in [-0.4, -0.2) is 24.9 Å². The van der Waals surface area contributed by atoms with Crippen molar-refractivity contribution in [2.75, 3.05) is 12.3 Å². The molecule has 0 bridgehead atoms. The lowest BCUT2D eigenvalue weighted by Gasteiger charge is -2.32. The van der Waals surface area contributed by atoms with Gasteiger partial charge in [0.25, 0.3) is 0 Å². The summed E-state index contributed by atoms with van der Waals surface area (Å²) in [7, 11) is 0. The number of nitrogens with two attached hydrogens (primary N) is 1. The van der Waals surface area contributed by atoms with E-state index in [2.05, 4.69) is 20.8 Å². The Labute approximate surface area is 121 Å². The zero-order valence-corrected chi connectivity index (χ0v) is 12.6. The van der Waals surface area contributed by atoms with Gasteiger partial charge in [0, 0.05) is 18.9 Å². The first-order chi connectivity index (χ1) is 9.58. The van der Waals surface area contributed by atoms with Crippen LogP contribution in [0.2, 0.25) is 0 Å². The second-order valence-corrected chi connectivity index (χ2v) is 5.52. The van der Waals surface area contributed by atoms with Crippen molar-refractivity contribution in [1.29, 1.82) is 0 Å². The highest BCUT2D eigenvalue weighted by Crippen LogP contribution is 2.30. The van der Waals surface area contributed by atoms with Gasteiger partial charge in [0.15, 0.2) is 0 Å². The minimum Gasteiger partial charge on any atom is -0.491 e. The van der Waals surface area contributed by atoms with Crippen molar-refractivity contribution in [2.45, 2.75) is 58.3 Å². The summed E-state index contributed by atoms with van der Waals surface area (Å²) in [6, 6.07) is 5.63. The Morgan fingerprint density at radius 1 is 1.25 bits per heavy atom. The molecule has 0 amide bonds. The molecule has 0 saturated carbocycles. The molecule has 0 aromatic heterocycles. The Kier molecular flexibility index (Phi) is 5.12. The number of hydrogen-bond donors (Lipinski definition) is 1. The van der Waals surface area contributed by atoms with E-state index in [0.29, 0.717) is 18.0 Å². The summed E-state index contributed by atoms with van der Waals surface area (Å²) in [5.41, 5.74) is 6.56. The number of rotatable bonds is 5. The molecule has 1 aliphatic rings. The molecule has 4 nitrogen and oxygen atoms in total. The van der Waals surface area contributed by atoms with Gasteiger partial charge >= 0.3 is 0 Å². The van der Waals surface area contributed by atoms with E-state index < -0.39 is 0 Å². The second-order valence-electron chi connectivity index (χ2n) is 5.52. The zero-order valence-electron chi connectivity index (χ0n) is 12.6. The topological polar surface area (TPSA) is 53.7 Å². The first-order valence-corrected chi connectivity index (χ1v) is 7.43. The maximum atomic E-state index is 6.06. The second kappa shape index (κ2) is 6.84. The molecule has 1 aromatic rings. The molecular formula is C16H25NO3. The monoisotopic (exact) mass is 279 g/mol. The van der Waals surface area contributed by atoms with Crippen molar-refractivity contribution < 1.29 is 14.2 Å². The van der Waals surface area contributed by atoms with E-state index in [4.69, 9.17) is 19.9 Å². The highest BCUT2D eigenvalue weighted by Gasteiger charge is 2.25. The minimum absolute atomic E-state index is 0.191. The largest absolute Gasteiger partial charge is 0.491 e. The fourth-order valence-corrected chi connectivity index (χ4v) is 2.56. The molecule has 2 N–H and O–H groups in total.